The fourth-order valence-corrected chi connectivity index (χ4v) is 1.27. The highest BCUT2D eigenvalue weighted by atomic mass is 16.6. The van der Waals surface area contributed by atoms with Gasteiger partial charge in [0.15, 0.2) is 5.96 Å². The molecule has 3 amide bonds. The second-order valence-corrected chi connectivity index (χ2v) is 3.76. The van der Waals surface area contributed by atoms with E-state index in [1.54, 1.807) is 0 Å². The Balaban J connectivity index is 2.58. The van der Waals surface area contributed by atoms with Crippen LogP contribution < -0.4 is 21.7 Å². The number of guanidine groups is 1. The van der Waals surface area contributed by atoms with E-state index in [1.807, 2.05) is 0 Å². The number of hydrogen-bond donors (Lipinski definition) is 4. The maximum absolute atomic E-state index is 11.6. The predicted octanol–water partition coefficient (Wildman–Crippen LogP) is -0.223. The molecular weight excluding hydrogens is 280 g/mol. The minimum Gasteiger partial charge on any atom is -0.370 e. The Hall–Kier alpha value is -3.17. The van der Waals surface area contributed by atoms with Gasteiger partial charge in [0.2, 0.25) is 5.91 Å². The lowest BCUT2D eigenvalue weighted by Crippen LogP contribution is -2.42. The molecule has 0 aliphatic rings. The number of carbonyl (C=O) groups excluding carboxylic acids is 2. The Morgan fingerprint density at radius 2 is 2.14 bits per heavy atom. The summed E-state index contributed by atoms with van der Waals surface area (Å²) in [6.45, 7) is -0.335. The van der Waals surface area contributed by atoms with Crippen LogP contribution in [0.4, 0.5) is 16.2 Å². The summed E-state index contributed by atoms with van der Waals surface area (Å²) in [5.41, 5.74) is 5.49. The van der Waals surface area contributed by atoms with E-state index in [-0.39, 0.29) is 23.9 Å². The van der Waals surface area contributed by atoms with Crippen LogP contribution in [0, 0.1) is 10.1 Å². The number of carbonyl (C=O) groups is 2. The molecule has 0 atom stereocenters. The van der Waals surface area contributed by atoms with Gasteiger partial charge in [0.05, 0.1) is 4.92 Å². The van der Waals surface area contributed by atoms with Crippen molar-refractivity contribution in [3.8, 4) is 0 Å². The van der Waals surface area contributed by atoms with E-state index in [0.29, 0.717) is 0 Å². The number of nitrogens with one attached hydrogen (secondary N) is 3. The lowest BCUT2D eigenvalue weighted by molar-refractivity contribution is -0.384. The average Bonchev–Trinajstić information content (AvgIpc) is 2.45. The van der Waals surface area contributed by atoms with Crippen LogP contribution >= 0.6 is 0 Å². The summed E-state index contributed by atoms with van der Waals surface area (Å²) in [5.74, 6) is -0.749. The fraction of sp³-hybridized carbons (Fsp3) is 0.182. The van der Waals surface area contributed by atoms with Gasteiger partial charge in [0, 0.05) is 24.9 Å². The topological polar surface area (TPSA) is 152 Å². The third-order valence-electron chi connectivity index (χ3n) is 2.20. The van der Waals surface area contributed by atoms with Gasteiger partial charge >= 0.3 is 6.03 Å². The van der Waals surface area contributed by atoms with Crippen LogP contribution in [0.5, 0.6) is 0 Å². The van der Waals surface area contributed by atoms with Crippen molar-refractivity contribution in [2.75, 3.05) is 18.9 Å². The number of nitro benzene ring substituents is 1. The molecule has 0 radical (unpaired) electrons. The molecule has 10 heteroatoms. The smallest absolute Gasteiger partial charge is 0.321 e. The average molecular weight is 294 g/mol. The van der Waals surface area contributed by atoms with E-state index < -0.39 is 16.9 Å². The summed E-state index contributed by atoms with van der Waals surface area (Å²) in [6.07, 6.45) is 0. The maximum Gasteiger partial charge on any atom is 0.321 e. The molecular formula is C11H14N6O4. The summed E-state index contributed by atoms with van der Waals surface area (Å²) in [4.78, 5) is 36.2. The summed E-state index contributed by atoms with van der Waals surface area (Å²) in [7, 11) is 1.40. The molecule has 0 aromatic heterocycles. The first kappa shape index (κ1) is 15.9. The number of nitrogens with two attached hydrogens (primary N) is 1. The van der Waals surface area contributed by atoms with E-state index in [1.165, 1.54) is 31.3 Å². The van der Waals surface area contributed by atoms with Gasteiger partial charge < -0.3 is 16.4 Å². The zero-order valence-electron chi connectivity index (χ0n) is 11.1. The van der Waals surface area contributed by atoms with Gasteiger partial charge in [0.25, 0.3) is 5.69 Å². The standard InChI is InChI=1S/C11H14N6O4/c1-13-11(19)16-10(12)14-6-9(18)15-7-3-2-4-8(5-7)17(20)21/h2-5H,6H2,1H3,(H,15,18)(H4,12,13,14,16,19). The van der Waals surface area contributed by atoms with E-state index in [2.05, 4.69) is 20.9 Å². The summed E-state index contributed by atoms with van der Waals surface area (Å²) in [5, 5.41) is 17.5. The maximum atomic E-state index is 11.6. The number of aliphatic imine (C=N–C) groups is 1. The lowest BCUT2D eigenvalue weighted by atomic mass is 10.3. The van der Waals surface area contributed by atoms with Gasteiger partial charge in [-0.25, -0.2) is 9.79 Å². The van der Waals surface area contributed by atoms with Gasteiger partial charge in [-0.1, -0.05) is 6.07 Å². The largest absolute Gasteiger partial charge is 0.370 e. The fourth-order valence-electron chi connectivity index (χ4n) is 1.27. The monoisotopic (exact) mass is 294 g/mol. The minimum atomic E-state index is -0.570. The Morgan fingerprint density at radius 3 is 2.76 bits per heavy atom. The first-order valence-corrected chi connectivity index (χ1v) is 5.75. The van der Waals surface area contributed by atoms with E-state index in [9.17, 15) is 19.7 Å². The quantitative estimate of drug-likeness (QED) is 0.262. The number of nitrogens with zero attached hydrogens (tertiary/aromatic N) is 2. The molecule has 0 saturated carbocycles. The number of non-ortho nitro benzene ring substituents is 1. The van der Waals surface area contributed by atoms with Crippen LogP contribution in [-0.2, 0) is 4.79 Å². The third-order valence-corrected chi connectivity index (χ3v) is 2.20. The first-order valence-electron chi connectivity index (χ1n) is 5.75. The molecule has 112 valence electrons. The molecule has 1 aromatic rings. The normalized spacial score (nSPS) is 10.6. The number of rotatable bonds is 4. The Kier molecular flexibility index (Phi) is 5.62. The van der Waals surface area contributed by atoms with Gasteiger partial charge in [-0.2, -0.15) is 0 Å². The van der Waals surface area contributed by atoms with Crippen molar-refractivity contribution in [3.63, 3.8) is 0 Å². The van der Waals surface area contributed by atoms with E-state index in [0.717, 1.165) is 0 Å². The molecule has 0 unspecified atom stereocenters. The number of amides is 3. The molecule has 0 heterocycles. The number of nitro groups is 1. The number of urea groups is 1. The first-order chi connectivity index (χ1) is 9.92. The second-order valence-electron chi connectivity index (χ2n) is 3.76. The number of anilines is 1. The lowest BCUT2D eigenvalue weighted by Gasteiger charge is -2.05. The predicted molar refractivity (Wildman–Crippen MR) is 75.8 cm³/mol. The van der Waals surface area contributed by atoms with Crippen molar-refractivity contribution in [2.45, 2.75) is 0 Å². The van der Waals surface area contributed by atoms with Crippen LogP contribution in [0.1, 0.15) is 0 Å². The van der Waals surface area contributed by atoms with Crippen molar-refractivity contribution in [1.29, 1.82) is 0 Å². The van der Waals surface area contributed by atoms with Gasteiger partial charge in [-0.15, -0.1) is 0 Å². The molecule has 21 heavy (non-hydrogen) atoms. The zero-order chi connectivity index (χ0) is 15.8. The van der Waals surface area contributed by atoms with Crippen molar-refractivity contribution in [2.24, 2.45) is 10.7 Å². The van der Waals surface area contributed by atoms with Crippen molar-refractivity contribution >= 4 is 29.3 Å². The van der Waals surface area contributed by atoms with Crippen LogP contribution in [-0.4, -0.2) is 36.4 Å². The summed E-state index contributed by atoms with van der Waals surface area (Å²) < 4.78 is 0. The SMILES string of the molecule is CNC(=O)NC(N)=NCC(=O)Nc1cccc([N+](=O)[O-])c1. The second kappa shape index (κ2) is 7.43. The number of hydrogen-bond acceptors (Lipinski definition) is 5. The molecule has 0 aliphatic heterocycles. The van der Waals surface area contributed by atoms with E-state index in [4.69, 9.17) is 5.73 Å². The molecule has 10 nitrogen and oxygen atoms in total. The summed E-state index contributed by atoms with van der Waals surface area (Å²) >= 11 is 0. The van der Waals surface area contributed by atoms with Crippen LogP contribution in [0.15, 0.2) is 29.3 Å². The van der Waals surface area contributed by atoms with Crippen molar-refractivity contribution < 1.29 is 14.5 Å². The van der Waals surface area contributed by atoms with Crippen LogP contribution in [0.2, 0.25) is 0 Å². The summed E-state index contributed by atoms with van der Waals surface area (Å²) in [6, 6.07) is 4.90. The van der Waals surface area contributed by atoms with Crippen molar-refractivity contribution in [3.05, 3.63) is 34.4 Å². The Bertz CT molecular complexity index is 586. The molecule has 1 aromatic carbocycles. The highest BCUT2D eigenvalue weighted by molar-refractivity contribution is 5.98. The Morgan fingerprint density at radius 1 is 1.43 bits per heavy atom. The molecule has 0 bridgehead atoms. The number of benzene rings is 1. The molecule has 1 rings (SSSR count). The van der Waals surface area contributed by atoms with Crippen LogP contribution in [0.25, 0.3) is 0 Å². The highest BCUT2D eigenvalue weighted by Crippen LogP contribution is 2.16. The third kappa shape index (κ3) is 5.55. The molecule has 0 fully saturated rings. The zero-order valence-corrected chi connectivity index (χ0v) is 11.1. The molecule has 5 N–H and O–H groups in total. The van der Waals surface area contributed by atoms with Gasteiger partial charge in [0.1, 0.15) is 6.54 Å². The van der Waals surface area contributed by atoms with Gasteiger partial charge in [-0.3, -0.25) is 20.2 Å². The molecule has 0 saturated heterocycles. The molecule has 0 spiro atoms. The van der Waals surface area contributed by atoms with Crippen molar-refractivity contribution in [1.82, 2.24) is 10.6 Å². The van der Waals surface area contributed by atoms with Crippen LogP contribution in [0.3, 0.4) is 0 Å². The molecule has 0 aliphatic carbocycles. The van der Waals surface area contributed by atoms with E-state index >= 15 is 0 Å². The van der Waals surface area contributed by atoms with Gasteiger partial charge in [-0.05, 0) is 6.07 Å². The highest BCUT2D eigenvalue weighted by Gasteiger charge is 2.08. The Labute approximate surface area is 119 Å². The minimum absolute atomic E-state index is 0.142.